The molecule has 0 aromatic rings. The van der Waals surface area contributed by atoms with Crippen LogP contribution in [-0.4, -0.2) is 0 Å². The maximum atomic E-state index is 2.40. The van der Waals surface area contributed by atoms with Gasteiger partial charge in [-0.1, -0.05) is 305 Å². The first kappa shape index (κ1) is 74.5. The van der Waals surface area contributed by atoms with Gasteiger partial charge in [0.25, 0.3) is 0 Å². The molecule has 5 fully saturated rings. The lowest BCUT2D eigenvalue weighted by molar-refractivity contribution is 0.179. The second-order valence-corrected chi connectivity index (χ2v) is 27.1. The zero-order valence-electron chi connectivity index (χ0n) is 51.6. The van der Waals surface area contributed by atoms with Crippen molar-refractivity contribution >= 4 is 0 Å². The summed E-state index contributed by atoms with van der Waals surface area (Å²) in [5.74, 6) is 9.59. The van der Waals surface area contributed by atoms with Crippen LogP contribution in [0.5, 0.6) is 0 Å². The predicted molar refractivity (Wildman–Crippen MR) is 303 cm³/mol. The molecule has 5 saturated carbocycles. The summed E-state index contributed by atoms with van der Waals surface area (Å²) < 4.78 is 0. The van der Waals surface area contributed by atoms with E-state index in [0.717, 1.165) is 59.2 Å². The fourth-order valence-corrected chi connectivity index (χ4v) is 7.71. The molecule has 390 valence electrons. The van der Waals surface area contributed by atoms with E-state index in [1.54, 1.807) is 0 Å². The summed E-state index contributed by atoms with van der Waals surface area (Å²) in [4.78, 5) is 0. The molecule has 0 saturated heterocycles. The van der Waals surface area contributed by atoms with Crippen molar-refractivity contribution in [3.8, 4) is 0 Å². The summed E-state index contributed by atoms with van der Waals surface area (Å²) in [5, 5.41) is 0. The summed E-state index contributed by atoms with van der Waals surface area (Å²) in [6, 6.07) is 0. The van der Waals surface area contributed by atoms with Gasteiger partial charge in [-0.25, -0.2) is 0 Å². The molecule has 0 amide bonds. The minimum absolute atomic E-state index is 0.500. The van der Waals surface area contributed by atoms with Crippen LogP contribution in [0.25, 0.3) is 0 Å². The molecule has 0 spiro atoms. The smallest absolute Gasteiger partial charge is 0.0323 e. The highest BCUT2D eigenvalue weighted by Gasteiger charge is 2.43. The van der Waals surface area contributed by atoms with Gasteiger partial charge in [0, 0.05) is 0 Å². The van der Waals surface area contributed by atoms with Crippen LogP contribution in [0.1, 0.15) is 324 Å². The van der Waals surface area contributed by atoms with E-state index in [0.29, 0.717) is 27.1 Å². The van der Waals surface area contributed by atoms with Crippen LogP contribution in [0, 0.1) is 86.3 Å². The van der Waals surface area contributed by atoms with Crippen molar-refractivity contribution in [2.75, 3.05) is 0 Å². The van der Waals surface area contributed by atoms with E-state index in [4.69, 9.17) is 0 Å². The van der Waals surface area contributed by atoms with Crippen molar-refractivity contribution in [3.05, 3.63) is 0 Å². The molecule has 5 rings (SSSR count). The highest BCUT2D eigenvalue weighted by molar-refractivity contribution is 4.93. The fourth-order valence-electron chi connectivity index (χ4n) is 7.71. The Bertz CT molecular complexity index is 866. The topological polar surface area (TPSA) is 0 Å². The SMILES string of the molecule is CC.CC.CC(C)(C)C.CC(C)C.CC1C(C)(C)CCC1(C)C.CC1CCC(C)C1C.CC1CCCC1.CC1CCC[C@H]1C.CCC(C)(C)C.CCC(C)C.C[C@@H]1CCCC1(C)C. The van der Waals surface area contributed by atoms with E-state index in [9.17, 15) is 0 Å². The Morgan fingerprint density at radius 1 is 0.444 bits per heavy atom. The predicted octanol–water partition coefficient (Wildman–Crippen LogP) is 23.9. The Hall–Kier alpha value is 0. The molecule has 0 heteroatoms. The highest BCUT2D eigenvalue weighted by atomic mass is 14.5. The molecule has 0 radical (unpaired) electrons. The molecule has 5 aliphatic rings. The van der Waals surface area contributed by atoms with E-state index in [1.807, 2.05) is 27.7 Å². The molecule has 0 nitrogen and oxygen atoms in total. The third-order valence-electron chi connectivity index (χ3n) is 15.2. The van der Waals surface area contributed by atoms with Gasteiger partial charge in [0.15, 0.2) is 0 Å². The molecule has 3 unspecified atom stereocenters. The Labute approximate surface area is 408 Å². The van der Waals surface area contributed by atoms with Gasteiger partial charge in [-0.2, -0.15) is 0 Å². The van der Waals surface area contributed by atoms with Crippen molar-refractivity contribution in [1.29, 1.82) is 0 Å². The quantitative estimate of drug-likeness (QED) is 0.246. The fraction of sp³-hybridized carbons (Fsp3) is 1.00. The lowest BCUT2D eigenvalue weighted by Gasteiger charge is -2.31. The van der Waals surface area contributed by atoms with Crippen LogP contribution in [0.4, 0.5) is 0 Å². The van der Waals surface area contributed by atoms with Gasteiger partial charge in [-0.05, 0) is 106 Å². The molecule has 0 heterocycles. The summed E-state index contributed by atoms with van der Waals surface area (Å²) in [7, 11) is 0. The second-order valence-electron chi connectivity index (χ2n) is 27.1. The van der Waals surface area contributed by atoms with E-state index in [-0.39, 0.29) is 0 Å². The van der Waals surface area contributed by atoms with Crippen LogP contribution in [0.2, 0.25) is 0 Å². The lowest BCUT2D eigenvalue weighted by atomic mass is 9.74. The van der Waals surface area contributed by atoms with Gasteiger partial charge >= 0.3 is 0 Å². The van der Waals surface area contributed by atoms with E-state index >= 15 is 0 Å². The second kappa shape index (κ2) is 39.9. The summed E-state index contributed by atoms with van der Waals surface area (Å²) >= 11 is 0. The number of rotatable bonds is 1. The monoisotopic (exact) mass is 895 g/mol. The average molecular weight is 896 g/mol. The summed E-state index contributed by atoms with van der Waals surface area (Å²) in [6.45, 7) is 72.1. The minimum Gasteiger partial charge on any atom is -0.0683 e. The zero-order valence-corrected chi connectivity index (χ0v) is 51.6. The van der Waals surface area contributed by atoms with Gasteiger partial charge in [0.05, 0.1) is 0 Å². The largest absolute Gasteiger partial charge is 0.0683 e. The Balaban J connectivity index is -0.000000145. The van der Waals surface area contributed by atoms with Crippen molar-refractivity contribution in [1.82, 2.24) is 0 Å². The first-order valence-corrected chi connectivity index (χ1v) is 28.5. The van der Waals surface area contributed by atoms with Crippen LogP contribution >= 0.6 is 0 Å². The van der Waals surface area contributed by atoms with Gasteiger partial charge in [-0.3, -0.25) is 0 Å². The van der Waals surface area contributed by atoms with E-state index in [1.165, 1.54) is 103 Å². The maximum Gasteiger partial charge on any atom is -0.0323 e. The Kier molecular flexibility index (Phi) is 47.3. The maximum absolute atomic E-state index is 2.40. The molecular weight excluding hydrogens is 757 g/mol. The highest BCUT2D eigenvalue weighted by Crippen LogP contribution is 2.53. The molecule has 0 aliphatic heterocycles. The van der Waals surface area contributed by atoms with Gasteiger partial charge < -0.3 is 0 Å². The zero-order chi connectivity index (χ0) is 51.6. The van der Waals surface area contributed by atoms with Crippen molar-refractivity contribution in [2.24, 2.45) is 86.3 Å². The normalized spacial score (nSPS) is 26.2. The summed E-state index contributed by atoms with van der Waals surface area (Å²) in [6.07, 6.45) is 23.0. The average Bonchev–Trinajstić information content (AvgIpc) is 3.98. The van der Waals surface area contributed by atoms with Crippen LogP contribution in [0.3, 0.4) is 0 Å². The molecule has 0 bridgehead atoms. The lowest BCUT2D eigenvalue weighted by Crippen LogP contribution is -2.24. The van der Waals surface area contributed by atoms with Gasteiger partial charge in [0.2, 0.25) is 0 Å². The number of hydrogen-bond acceptors (Lipinski definition) is 0. The third kappa shape index (κ3) is 49.7. The first-order chi connectivity index (χ1) is 28.5. The minimum atomic E-state index is 0.500. The van der Waals surface area contributed by atoms with Crippen molar-refractivity contribution in [2.45, 2.75) is 324 Å². The molecule has 0 aromatic carbocycles. The third-order valence-corrected chi connectivity index (χ3v) is 15.2. The van der Waals surface area contributed by atoms with E-state index in [2.05, 4.69) is 194 Å². The standard InChI is InChI=1S/C10H20.2C8H16.C7H14.C6H12.C6H14.2C5H12.C4H10.2C2H6/c1-8-9(2,3)6-7-10(8,4)5;1-7-5-4-6-8(7,2)3;1-6-4-5-7(2)8(6)3;1-6-4-3-5-7(6)2;1-6-4-2-3-5-6;1-5-6(2,3)4;1-5(2,3)4;1-4-5(2)3;1-4(2)3;2*1-2/h8H,6-7H2,1-5H3;7H,4-6H2,1-3H3;6-8H,4-5H2,1-3H3;6-7H,3-5H2,1-2H3;6H,2-5H2,1H3;5H2,1-4H3;1-4H3;5H,4H2,1-3H3;4H,1-3H3;2*1-2H3/t;7-;;6-,7?;;;;;;;/m.1.1......./s1. The van der Waals surface area contributed by atoms with Gasteiger partial charge in [0.1, 0.15) is 0 Å². The molecule has 5 aliphatic carbocycles. The van der Waals surface area contributed by atoms with Crippen LogP contribution in [-0.2, 0) is 0 Å². The van der Waals surface area contributed by atoms with Crippen molar-refractivity contribution < 1.29 is 0 Å². The van der Waals surface area contributed by atoms with Crippen LogP contribution in [0.15, 0.2) is 0 Å². The van der Waals surface area contributed by atoms with E-state index < -0.39 is 0 Å². The van der Waals surface area contributed by atoms with Gasteiger partial charge in [-0.15, -0.1) is 0 Å². The summed E-state index contributed by atoms with van der Waals surface area (Å²) in [5.41, 5.74) is 2.87. The molecule has 5 atom stereocenters. The molecular formula is C63H138. The molecule has 63 heavy (non-hydrogen) atoms. The Morgan fingerprint density at radius 2 is 0.746 bits per heavy atom. The molecule has 0 aromatic heterocycles. The first-order valence-electron chi connectivity index (χ1n) is 28.5. The van der Waals surface area contributed by atoms with Crippen molar-refractivity contribution in [3.63, 3.8) is 0 Å². The number of hydrogen-bond donors (Lipinski definition) is 0. The van der Waals surface area contributed by atoms with Crippen LogP contribution < -0.4 is 0 Å². The molecule has 0 N–H and O–H groups in total. The Morgan fingerprint density at radius 3 is 0.825 bits per heavy atom.